The minimum absolute atomic E-state index is 0.00375. The highest BCUT2D eigenvalue weighted by atomic mass is 79.9. The first kappa shape index (κ1) is 21.6. The van der Waals surface area contributed by atoms with E-state index >= 15 is 0 Å². The molecule has 1 N–H and O–H groups in total. The Morgan fingerprint density at radius 2 is 1.84 bits per heavy atom. The van der Waals surface area contributed by atoms with Gasteiger partial charge in [-0.3, -0.25) is 29.9 Å². The van der Waals surface area contributed by atoms with Gasteiger partial charge >= 0.3 is 0 Å². The Bertz CT molecular complexity index is 1310. The molecule has 1 aliphatic heterocycles. The second-order valence-electron chi connectivity index (χ2n) is 6.92. The summed E-state index contributed by atoms with van der Waals surface area (Å²) >= 11 is 8.50. The fourth-order valence-electron chi connectivity index (χ4n) is 3.12. The molecule has 2 heterocycles. The van der Waals surface area contributed by atoms with Crippen LogP contribution >= 0.6 is 28.1 Å². The third-order valence-electron chi connectivity index (χ3n) is 4.74. The maximum atomic E-state index is 13.1. The van der Waals surface area contributed by atoms with Crippen molar-refractivity contribution in [2.24, 2.45) is 0 Å². The van der Waals surface area contributed by atoms with Crippen LogP contribution in [0.3, 0.4) is 0 Å². The lowest BCUT2D eigenvalue weighted by Gasteiger charge is -2.28. The molecule has 0 atom stereocenters. The van der Waals surface area contributed by atoms with Gasteiger partial charge in [0.15, 0.2) is 5.11 Å². The Hall–Kier alpha value is -3.63. The van der Waals surface area contributed by atoms with E-state index in [1.54, 1.807) is 30.3 Å². The molecule has 0 radical (unpaired) electrons. The molecule has 4 rings (SSSR count). The molecule has 1 aliphatic rings. The van der Waals surface area contributed by atoms with E-state index < -0.39 is 16.7 Å². The van der Waals surface area contributed by atoms with Crippen molar-refractivity contribution in [3.8, 4) is 11.3 Å². The van der Waals surface area contributed by atoms with Crippen LogP contribution in [-0.4, -0.2) is 21.9 Å². The van der Waals surface area contributed by atoms with E-state index in [1.165, 1.54) is 23.1 Å². The van der Waals surface area contributed by atoms with E-state index in [1.807, 2.05) is 19.1 Å². The van der Waals surface area contributed by atoms with Gasteiger partial charge in [0.1, 0.15) is 17.1 Å². The highest BCUT2D eigenvalue weighted by Crippen LogP contribution is 2.33. The number of nitro groups is 1. The van der Waals surface area contributed by atoms with Gasteiger partial charge in [-0.05, 0) is 71.5 Å². The van der Waals surface area contributed by atoms with Gasteiger partial charge in [-0.25, -0.2) is 0 Å². The third kappa shape index (κ3) is 4.10. The Kier molecular flexibility index (Phi) is 5.72. The van der Waals surface area contributed by atoms with Crippen molar-refractivity contribution in [2.45, 2.75) is 6.92 Å². The summed E-state index contributed by atoms with van der Waals surface area (Å²) in [5.41, 5.74) is 1.94. The van der Waals surface area contributed by atoms with E-state index in [9.17, 15) is 19.7 Å². The number of non-ortho nitro benzene ring substituents is 1. The maximum absolute atomic E-state index is 13.1. The largest absolute Gasteiger partial charge is 0.457 e. The van der Waals surface area contributed by atoms with Crippen LogP contribution in [0.15, 0.2) is 69.1 Å². The number of halogens is 1. The van der Waals surface area contributed by atoms with Crippen molar-refractivity contribution in [1.82, 2.24) is 5.32 Å². The summed E-state index contributed by atoms with van der Waals surface area (Å²) in [6.07, 6.45) is 1.34. The number of aryl methyl sites for hydroxylation is 1. The molecular weight excluding hydrogens is 498 g/mol. The monoisotopic (exact) mass is 511 g/mol. The zero-order valence-electron chi connectivity index (χ0n) is 16.5. The van der Waals surface area contributed by atoms with Gasteiger partial charge in [-0.1, -0.05) is 17.7 Å². The average molecular weight is 512 g/mol. The summed E-state index contributed by atoms with van der Waals surface area (Å²) in [6.45, 7) is 1.92. The number of anilines is 1. The van der Waals surface area contributed by atoms with E-state index in [4.69, 9.17) is 16.6 Å². The molecule has 160 valence electrons. The molecule has 32 heavy (non-hydrogen) atoms. The van der Waals surface area contributed by atoms with E-state index in [0.29, 0.717) is 21.5 Å². The topological polar surface area (TPSA) is 106 Å². The molecule has 8 nitrogen and oxygen atoms in total. The van der Waals surface area contributed by atoms with Crippen molar-refractivity contribution < 1.29 is 18.9 Å². The quantitative estimate of drug-likeness (QED) is 0.178. The summed E-state index contributed by atoms with van der Waals surface area (Å²) in [4.78, 5) is 37.2. The number of thiocarbonyl (C=S) groups is 1. The van der Waals surface area contributed by atoms with Crippen molar-refractivity contribution in [1.29, 1.82) is 0 Å². The third-order valence-corrected chi connectivity index (χ3v) is 5.68. The lowest BCUT2D eigenvalue weighted by atomic mass is 10.1. The number of nitro benzene ring substituents is 1. The second-order valence-corrected chi connectivity index (χ2v) is 8.16. The van der Waals surface area contributed by atoms with Crippen LogP contribution in [0.25, 0.3) is 17.4 Å². The Morgan fingerprint density at radius 3 is 2.50 bits per heavy atom. The van der Waals surface area contributed by atoms with Crippen LogP contribution in [0.4, 0.5) is 11.4 Å². The average Bonchev–Trinajstić information content (AvgIpc) is 3.20. The fourth-order valence-corrected chi connectivity index (χ4v) is 3.96. The number of rotatable bonds is 4. The minimum Gasteiger partial charge on any atom is -0.457 e. The molecule has 1 saturated heterocycles. The van der Waals surface area contributed by atoms with Crippen molar-refractivity contribution in [2.75, 3.05) is 4.90 Å². The molecule has 0 saturated carbocycles. The summed E-state index contributed by atoms with van der Waals surface area (Å²) < 4.78 is 6.25. The zero-order valence-corrected chi connectivity index (χ0v) is 18.9. The molecule has 0 spiro atoms. The van der Waals surface area contributed by atoms with Crippen LogP contribution in [0.1, 0.15) is 11.3 Å². The Morgan fingerprint density at radius 1 is 1.12 bits per heavy atom. The molecule has 1 fully saturated rings. The van der Waals surface area contributed by atoms with Gasteiger partial charge in [-0.15, -0.1) is 0 Å². The van der Waals surface area contributed by atoms with E-state index in [-0.39, 0.29) is 22.1 Å². The fraction of sp³-hybridized carbons (Fsp3) is 0.0455. The number of benzene rings is 2. The van der Waals surface area contributed by atoms with Crippen molar-refractivity contribution in [3.63, 3.8) is 0 Å². The van der Waals surface area contributed by atoms with Gasteiger partial charge in [0.25, 0.3) is 17.5 Å². The maximum Gasteiger partial charge on any atom is 0.270 e. The molecule has 3 aromatic rings. The van der Waals surface area contributed by atoms with E-state index in [2.05, 4.69) is 21.2 Å². The molecule has 2 amide bonds. The number of nitrogens with zero attached hydrogens (tertiary/aromatic N) is 2. The Labute approximate surface area is 195 Å². The first-order chi connectivity index (χ1) is 15.2. The number of hydrogen-bond acceptors (Lipinski definition) is 6. The van der Waals surface area contributed by atoms with Crippen LogP contribution in [0, 0.1) is 17.0 Å². The standard InChI is InChI=1S/C22H14BrN3O5S/c1-12-2-4-13(5-3-12)25-21(28)17(20(27)24-22(25)32)11-15-7-9-19(31-15)16-8-6-14(26(29)30)10-18(16)23/h2-11H,1H3,(H,24,27,32)/b17-11-. The second kappa shape index (κ2) is 8.48. The SMILES string of the molecule is Cc1ccc(N2C(=O)/C(=C\c3ccc(-c4ccc([N+](=O)[O-])cc4Br)o3)C(=O)NC2=S)cc1. The molecule has 2 aromatic carbocycles. The molecule has 0 bridgehead atoms. The molecule has 0 aliphatic carbocycles. The van der Waals surface area contributed by atoms with Gasteiger partial charge in [0, 0.05) is 22.2 Å². The molecule has 1 aromatic heterocycles. The first-order valence-corrected chi connectivity index (χ1v) is 10.5. The van der Waals surface area contributed by atoms with Gasteiger partial charge in [0.2, 0.25) is 0 Å². The molecule has 10 heteroatoms. The predicted octanol–water partition coefficient (Wildman–Crippen LogP) is 4.76. The lowest BCUT2D eigenvalue weighted by Crippen LogP contribution is -2.54. The van der Waals surface area contributed by atoms with Crippen molar-refractivity contribution >= 4 is 62.5 Å². The lowest BCUT2D eigenvalue weighted by molar-refractivity contribution is -0.384. The number of nitrogens with one attached hydrogen (secondary N) is 1. The number of carbonyl (C=O) groups excluding carboxylic acids is 2. The van der Waals surface area contributed by atoms with Gasteiger partial charge in [-0.2, -0.15) is 0 Å². The smallest absolute Gasteiger partial charge is 0.270 e. The molecular formula is C22H14BrN3O5S. The minimum atomic E-state index is -0.627. The van der Waals surface area contributed by atoms with Crippen molar-refractivity contribution in [3.05, 3.63) is 86.1 Å². The predicted molar refractivity (Wildman–Crippen MR) is 126 cm³/mol. The van der Waals surface area contributed by atoms with Gasteiger partial charge in [0.05, 0.1) is 10.6 Å². The highest BCUT2D eigenvalue weighted by molar-refractivity contribution is 9.10. The highest BCUT2D eigenvalue weighted by Gasteiger charge is 2.34. The zero-order chi connectivity index (χ0) is 23.0. The van der Waals surface area contributed by atoms with Gasteiger partial charge < -0.3 is 4.42 Å². The molecule has 0 unspecified atom stereocenters. The summed E-state index contributed by atoms with van der Waals surface area (Å²) in [5, 5.41) is 13.4. The van der Waals surface area contributed by atoms with Crippen LogP contribution in [0.2, 0.25) is 0 Å². The number of hydrogen-bond donors (Lipinski definition) is 1. The first-order valence-electron chi connectivity index (χ1n) is 9.27. The van der Waals surface area contributed by atoms with Crippen LogP contribution in [-0.2, 0) is 9.59 Å². The summed E-state index contributed by atoms with van der Waals surface area (Å²) in [5.74, 6) is -0.525. The number of furan rings is 1. The number of amides is 2. The van der Waals surface area contributed by atoms with Crippen LogP contribution < -0.4 is 10.2 Å². The summed E-state index contributed by atoms with van der Waals surface area (Å²) in [7, 11) is 0. The number of carbonyl (C=O) groups is 2. The summed E-state index contributed by atoms with van der Waals surface area (Å²) in [6, 6.07) is 14.7. The van der Waals surface area contributed by atoms with Crippen LogP contribution in [0.5, 0.6) is 0 Å². The Balaban J connectivity index is 1.66. The van der Waals surface area contributed by atoms with E-state index in [0.717, 1.165) is 5.56 Å². The normalized spacial score (nSPS) is 15.2.